The largest absolute Gasteiger partial charge is 0.356 e. The van der Waals surface area contributed by atoms with Gasteiger partial charge in [0.15, 0.2) is 5.16 Å². The molecule has 1 fully saturated rings. The topological polar surface area (TPSA) is 66.4 Å². The molecule has 0 radical (unpaired) electrons. The molecule has 0 bridgehead atoms. The van der Waals surface area contributed by atoms with E-state index in [1.54, 1.807) is 7.05 Å². The fraction of sp³-hybridized carbons (Fsp3) is 0.692. The number of piperidine rings is 1. The summed E-state index contributed by atoms with van der Waals surface area (Å²) in [6, 6.07) is 2.07. The van der Waals surface area contributed by atoms with Gasteiger partial charge in [-0.3, -0.25) is 0 Å². The molecular formula is C13H22N4O2S2. The highest BCUT2D eigenvalue weighted by molar-refractivity contribution is 7.98. The molecule has 1 aliphatic rings. The molecule has 0 saturated carbocycles. The Morgan fingerprint density at radius 1 is 1.33 bits per heavy atom. The van der Waals surface area contributed by atoms with Crippen molar-refractivity contribution >= 4 is 27.6 Å². The second kappa shape index (κ2) is 6.50. The number of aryl methyl sites for hydroxylation is 1. The van der Waals surface area contributed by atoms with Crippen molar-refractivity contribution in [3.63, 3.8) is 0 Å². The van der Waals surface area contributed by atoms with Crippen molar-refractivity contribution in [2.24, 2.45) is 0 Å². The summed E-state index contributed by atoms with van der Waals surface area (Å²) in [5, 5.41) is 0.778. The molecule has 2 heterocycles. The fourth-order valence-corrected chi connectivity index (χ4v) is 3.68. The maximum atomic E-state index is 11.6. The average molecular weight is 330 g/mol. The van der Waals surface area contributed by atoms with Crippen LogP contribution in [0.4, 0.5) is 5.82 Å². The molecule has 0 aromatic carbocycles. The standard InChI is InChI=1S/C13H22N4O2S2/c1-10-9-12(15-13(14-10)20-3)17-7-5-11(6-8-17)16(2)21(4,18)19/h9,11H,5-8H2,1-4H3. The van der Waals surface area contributed by atoms with Gasteiger partial charge in [0.1, 0.15) is 5.82 Å². The lowest BCUT2D eigenvalue weighted by molar-refractivity contribution is 0.313. The van der Waals surface area contributed by atoms with Gasteiger partial charge in [0.2, 0.25) is 10.0 Å². The van der Waals surface area contributed by atoms with Crippen LogP contribution in [-0.2, 0) is 10.0 Å². The van der Waals surface area contributed by atoms with Gasteiger partial charge in [-0.25, -0.2) is 22.7 Å². The van der Waals surface area contributed by atoms with Crippen molar-refractivity contribution in [2.75, 3.05) is 37.5 Å². The molecule has 6 nitrogen and oxygen atoms in total. The predicted octanol–water partition coefficient (Wildman–Crippen LogP) is 1.37. The van der Waals surface area contributed by atoms with Gasteiger partial charge in [-0.05, 0) is 26.0 Å². The monoisotopic (exact) mass is 330 g/mol. The first-order chi connectivity index (χ1) is 9.81. The number of aromatic nitrogens is 2. The molecule has 0 unspecified atom stereocenters. The van der Waals surface area contributed by atoms with Crippen LogP contribution in [0.25, 0.3) is 0 Å². The molecule has 0 N–H and O–H groups in total. The molecule has 0 amide bonds. The van der Waals surface area contributed by atoms with E-state index in [0.717, 1.165) is 42.6 Å². The highest BCUT2D eigenvalue weighted by Gasteiger charge is 2.27. The van der Waals surface area contributed by atoms with E-state index in [1.165, 1.54) is 22.3 Å². The third kappa shape index (κ3) is 4.08. The van der Waals surface area contributed by atoms with Crippen molar-refractivity contribution < 1.29 is 8.42 Å². The highest BCUT2D eigenvalue weighted by atomic mass is 32.2. The van der Waals surface area contributed by atoms with E-state index in [4.69, 9.17) is 0 Å². The van der Waals surface area contributed by atoms with Crippen LogP contribution in [-0.4, -0.2) is 61.4 Å². The van der Waals surface area contributed by atoms with Gasteiger partial charge in [0.05, 0.1) is 6.26 Å². The molecule has 1 aliphatic heterocycles. The van der Waals surface area contributed by atoms with Crippen LogP contribution in [0, 0.1) is 6.92 Å². The Morgan fingerprint density at radius 2 is 1.95 bits per heavy atom. The molecule has 0 spiro atoms. The molecule has 0 aliphatic carbocycles. The second-order valence-corrected chi connectivity index (χ2v) is 8.17. The summed E-state index contributed by atoms with van der Waals surface area (Å²) in [6.07, 6.45) is 4.87. The van der Waals surface area contributed by atoms with Gasteiger partial charge in [0, 0.05) is 37.9 Å². The lowest BCUT2D eigenvalue weighted by Gasteiger charge is -2.36. The van der Waals surface area contributed by atoms with Gasteiger partial charge in [-0.15, -0.1) is 0 Å². The van der Waals surface area contributed by atoms with Crippen molar-refractivity contribution in [2.45, 2.75) is 31.0 Å². The molecule has 1 aromatic rings. The van der Waals surface area contributed by atoms with Gasteiger partial charge >= 0.3 is 0 Å². The van der Waals surface area contributed by atoms with E-state index < -0.39 is 10.0 Å². The summed E-state index contributed by atoms with van der Waals surface area (Å²) < 4.78 is 24.7. The van der Waals surface area contributed by atoms with Crippen LogP contribution in [0.5, 0.6) is 0 Å². The molecule has 1 aromatic heterocycles. The summed E-state index contributed by atoms with van der Waals surface area (Å²) in [5.74, 6) is 0.937. The third-order valence-corrected chi connectivity index (χ3v) is 5.72. The first-order valence-corrected chi connectivity index (χ1v) is 9.96. The van der Waals surface area contributed by atoms with Crippen LogP contribution in [0.3, 0.4) is 0 Å². The Hall–Kier alpha value is -0.860. The Morgan fingerprint density at radius 3 is 2.48 bits per heavy atom. The molecule has 1 saturated heterocycles. The van der Waals surface area contributed by atoms with Crippen LogP contribution >= 0.6 is 11.8 Å². The normalized spacial score (nSPS) is 17.5. The summed E-state index contributed by atoms with van der Waals surface area (Å²) in [5.41, 5.74) is 0.958. The van der Waals surface area contributed by atoms with Gasteiger partial charge in [-0.2, -0.15) is 0 Å². The zero-order valence-corrected chi connectivity index (χ0v) is 14.5. The number of hydrogen-bond donors (Lipinski definition) is 0. The SMILES string of the molecule is CSc1nc(C)cc(N2CCC(N(C)S(C)(=O)=O)CC2)n1. The number of rotatable bonds is 4. The number of sulfonamides is 1. The Labute approximate surface area is 131 Å². The van der Waals surface area contributed by atoms with E-state index in [9.17, 15) is 8.42 Å². The number of nitrogens with zero attached hydrogens (tertiary/aromatic N) is 4. The smallest absolute Gasteiger partial charge is 0.211 e. The third-order valence-electron chi connectivity index (χ3n) is 3.83. The van der Waals surface area contributed by atoms with Crippen LogP contribution in [0.15, 0.2) is 11.2 Å². The summed E-state index contributed by atoms with van der Waals surface area (Å²) >= 11 is 1.53. The Kier molecular flexibility index (Phi) is 5.11. The second-order valence-electron chi connectivity index (χ2n) is 5.35. The van der Waals surface area contributed by atoms with Crippen molar-refractivity contribution in [1.82, 2.24) is 14.3 Å². The van der Waals surface area contributed by atoms with E-state index in [2.05, 4.69) is 14.9 Å². The first kappa shape index (κ1) is 16.5. The summed E-state index contributed by atoms with van der Waals surface area (Å²) in [6.45, 7) is 3.60. The lowest BCUT2D eigenvalue weighted by atomic mass is 10.1. The van der Waals surface area contributed by atoms with Gasteiger partial charge in [-0.1, -0.05) is 11.8 Å². The molecule has 0 atom stereocenters. The van der Waals surface area contributed by atoms with Crippen molar-refractivity contribution in [3.8, 4) is 0 Å². The van der Waals surface area contributed by atoms with Gasteiger partial charge < -0.3 is 4.90 Å². The van der Waals surface area contributed by atoms with E-state index in [-0.39, 0.29) is 6.04 Å². The van der Waals surface area contributed by atoms with Crippen LogP contribution in [0.1, 0.15) is 18.5 Å². The minimum Gasteiger partial charge on any atom is -0.356 e. The van der Waals surface area contributed by atoms with Crippen molar-refractivity contribution in [1.29, 1.82) is 0 Å². The first-order valence-electron chi connectivity index (χ1n) is 6.89. The van der Waals surface area contributed by atoms with E-state index in [0.29, 0.717) is 0 Å². The molecule has 118 valence electrons. The average Bonchev–Trinajstić information content (AvgIpc) is 2.45. The fourth-order valence-electron chi connectivity index (χ4n) is 2.51. The predicted molar refractivity (Wildman–Crippen MR) is 86.4 cm³/mol. The van der Waals surface area contributed by atoms with E-state index >= 15 is 0 Å². The summed E-state index contributed by atoms with van der Waals surface area (Å²) in [7, 11) is -1.45. The summed E-state index contributed by atoms with van der Waals surface area (Å²) in [4.78, 5) is 11.1. The maximum Gasteiger partial charge on any atom is 0.211 e. The van der Waals surface area contributed by atoms with Crippen LogP contribution in [0.2, 0.25) is 0 Å². The van der Waals surface area contributed by atoms with Gasteiger partial charge in [0.25, 0.3) is 0 Å². The molecule has 8 heteroatoms. The van der Waals surface area contributed by atoms with Crippen LogP contribution < -0.4 is 4.90 Å². The minimum absolute atomic E-state index is 0.0826. The number of anilines is 1. The Balaban J connectivity index is 2.06. The van der Waals surface area contributed by atoms with E-state index in [1.807, 2.05) is 19.2 Å². The lowest BCUT2D eigenvalue weighted by Crippen LogP contribution is -2.45. The molecule has 2 rings (SSSR count). The maximum absolute atomic E-state index is 11.6. The zero-order valence-electron chi connectivity index (χ0n) is 12.9. The minimum atomic E-state index is -3.12. The number of thioether (sulfide) groups is 1. The highest BCUT2D eigenvalue weighted by Crippen LogP contribution is 2.23. The molecule has 21 heavy (non-hydrogen) atoms. The Bertz CT molecular complexity index is 598. The molecular weight excluding hydrogens is 308 g/mol. The van der Waals surface area contributed by atoms with Crippen molar-refractivity contribution in [3.05, 3.63) is 11.8 Å². The quantitative estimate of drug-likeness (QED) is 0.613. The zero-order chi connectivity index (χ0) is 15.6. The number of hydrogen-bond acceptors (Lipinski definition) is 6.